The number of carbonyl (C=O) groups is 1. The molecule has 0 radical (unpaired) electrons. The van der Waals surface area contributed by atoms with Crippen LogP contribution in [0.4, 0.5) is 10.5 Å². The highest BCUT2D eigenvalue weighted by Gasteiger charge is 2.27. The van der Waals surface area contributed by atoms with Crippen LogP contribution >= 0.6 is 11.8 Å². The van der Waals surface area contributed by atoms with Crippen LogP contribution in [-0.4, -0.2) is 48.1 Å². The van der Waals surface area contributed by atoms with Crippen LogP contribution in [-0.2, 0) is 0 Å². The number of piperidine rings is 1. The zero-order valence-corrected chi connectivity index (χ0v) is 13.8. The SMILES string of the molecule is O=C(NCC1CCN(C2CCSC2)CC1)Nc1ccccc1. The second-order valence-electron chi connectivity index (χ2n) is 6.20. The fraction of sp³-hybridized carbons (Fsp3) is 0.588. The Morgan fingerprint density at radius 2 is 1.95 bits per heavy atom. The lowest BCUT2D eigenvalue weighted by Crippen LogP contribution is -2.44. The Kier molecular flexibility index (Phi) is 5.62. The third-order valence-corrected chi connectivity index (χ3v) is 5.80. The number of amides is 2. The number of rotatable bonds is 4. The summed E-state index contributed by atoms with van der Waals surface area (Å²) < 4.78 is 0. The molecule has 2 N–H and O–H groups in total. The predicted octanol–water partition coefficient (Wildman–Crippen LogP) is 3.03. The van der Waals surface area contributed by atoms with Crippen LogP contribution in [0.15, 0.2) is 30.3 Å². The number of thioether (sulfide) groups is 1. The van der Waals surface area contributed by atoms with E-state index < -0.39 is 0 Å². The summed E-state index contributed by atoms with van der Waals surface area (Å²) >= 11 is 2.08. The molecule has 120 valence electrons. The van der Waals surface area contributed by atoms with Crippen molar-refractivity contribution in [1.29, 1.82) is 0 Å². The lowest BCUT2D eigenvalue weighted by atomic mass is 9.95. The standard InChI is InChI=1S/C17H25N3OS/c21-17(19-15-4-2-1-3-5-15)18-12-14-6-9-20(10-7-14)16-8-11-22-13-16/h1-5,14,16H,6-13H2,(H2,18,19,21). The van der Waals surface area contributed by atoms with Gasteiger partial charge in [-0.05, 0) is 56.2 Å². The zero-order chi connectivity index (χ0) is 15.2. The van der Waals surface area contributed by atoms with Crippen molar-refractivity contribution < 1.29 is 4.79 Å². The summed E-state index contributed by atoms with van der Waals surface area (Å²) in [4.78, 5) is 14.5. The smallest absolute Gasteiger partial charge is 0.319 e. The first-order chi connectivity index (χ1) is 10.8. The van der Waals surface area contributed by atoms with Gasteiger partial charge in [0.1, 0.15) is 0 Å². The Hall–Kier alpha value is -1.20. The van der Waals surface area contributed by atoms with Gasteiger partial charge in [-0.25, -0.2) is 4.79 Å². The van der Waals surface area contributed by atoms with Gasteiger partial charge in [-0.15, -0.1) is 0 Å². The molecule has 5 heteroatoms. The number of nitrogens with zero attached hydrogens (tertiary/aromatic N) is 1. The quantitative estimate of drug-likeness (QED) is 0.896. The third-order valence-electron chi connectivity index (χ3n) is 4.65. The molecule has 4 nitrogen and oxygen atoms in total. The molecule has 0 saturated carbocycles. The number of para-hydroxylation sites is 1. The molecule has 2 heterocycles. The summed E-state index contributed by atoms with van der Waals surface area (Å²) in [7, 11) is 0. The van der Waals surface area contributed by atoms with Crippen molar-refractivity contribution in [2.75, 3.05) is 36.5 Å². The number of hydrogen-bond acceptors (Lipinski definition) is 3. The van der Waals surface area contributed by atoms with Gasteiger partial charge in [-0.1, -0.05) is 18.2 Å². The minimum atomic E-state index is -0.0965. The van der Waals surface area contributed by atoms with Crippen LogP contribution in [0, 0.1) is 5.92 Å². The van der Waals surface area contributed by atoms with Gasteiger partial charge in [0.05, 0.1) is 0 Å². The minimum Gasteiger partial charge on any atom is -0.338 e. The highest BCUT2D eigenvalue weighted by molar-refractivity contribution is 7.99. The normalized spacial score (nSPS) is 23.4. The molecular formula is C17H25N3OS. The molecule has 2 fully saturated rings. The van der Waals surface area contributed by atoms with Crippen LogP contribution in [0.1, 0.15) is 19.3 Å². The van der Waals surface area contributed by atoms with Crippen molar-refractivity contribution >= 4 is 23.5 Å². The van der Waals surface area contributed by atoms with Crippen molar-refractivity contribution in [2.45, 2.75) is 25.3 Å². The maximum Gasteiger partial charge on any atom is 0.319 e. The fourth-order valence-electron chi connectivity index (χ4n) is 3.27. The first-order valence-corrected chi connectivity index (χ1v) is 9.38. The Balaban J connectivity index is 1.35. The lowest BCUT2D eigenvalue weighted by Gasteiger charge is -2.35. The highest BCUT2D eigenvalue weighted by Crippen LogP contribution is 2.26. The largest absolute Gasteiger partial charge is 0.338 e. The monoisotopic (exact) mass is 319 g/mol. The summed E-state index contributed by atoms with van der Waals surface area (Å²) in [6.07, 6.45) is 3.76. The highest BCUT2D eigenvalue weighted by atomic mass is 32.2. The maximum absolute atomic E-state index is 11.9. The first-order valence-electron chi connectivity index (χ1n) is 8.23. The van der Waals surface area contributed by atoms with E-state index in [-0.39, 0.29) is 6.03 Å². The molecule has 0 spiro atoms. The molecule has 2 aliphatic heterocycles. The molecule has 1 atom stereocenters. The van der Waals surface area contributed by atoms with Crippen molar-refractivity contribution in [3.63, 3.8) is 0 Å². The van der Waals surface area contributed by atoms with E-state index in [0.717, 1.165) is 18.3 Å². The Labute approximate surface area is 137 Å². The minimum absolute atomic E-state index is 0.0965. The summed E-state index contributed by atoms with van der Waals surface area (Å²) in [5.41, 5.74) is 0.841. The van der Waals surface area contributed by atoms with Crippen molar-refractivity contribution in [3.8, 4) is 0 Å². The van der Waals surface area contributed by atoms with Gasteiger partial charge < -0.3 is 10.6 Å². The topological polar surface area (TPSA) is 44.4 Å². The van der Waals surface area contributed by atoms with E-state index in [2.05, 4.69) is 27.3 Å². The number of urea groups is 1. The van der Waals surface area contributed by atoms with Gasteiger partial charge >= 0.3 is 6.03 Å². The second kappa shape index (κ2) is 7.88. The van der Waals surface area contributed by atoms with Gasteiger partial charge in [0.2, 0.25) is 0 Å². The van der Waals surface area contributed by atoms with E-state index in [0.29, 0.717) is 5.92 Å². The van der Waals surface area contributed by atoms with E-state index in [1.54, 1.807) is 0 Å². The van der Waals surface area contributed by atoms with Crippen molar-refractivity contribution in [2.24, 2.45) is 5.92 Å². The molecule has 0 aliphatic carbocycles. The molecule has 1 aromatic carbocycles. The predicted molar refractivity (Wildman–Crippen MR) is 93.5 cm³/mol. The number of hydrogen-bond donors (Lipinski definition) is 2. The van der Waals surface area contributed by atoms with E-state index in [4.69, 9.17) is 0 Å². The molecule has 3 rings (SSSR count). The molecule has 2 amide bonds. The molecule has 22 heavy (non-hydrogen) atoms. The van der Waals surface area contributed by atoms with E-state index >= 15 is 0 Å². The average molecular weight is 319 g/mol. The van der Waals surface area contributed by atoms with Crippen molar-refractivity contribution in [1.82, 2.24) is 10.2 Å². The number of anilines is 1. The summed E-state index contributed by atoms with van der Waals surface area (Å²) in [6.45, 7) is 3.17. The molecule has 1 aromatic rings. The zero-order valence-electron chi connectivity index (χ0n) is 13.0. The van der Waals surface area contributed by atoms with Crippen LogP contribution in [0.2, 0.25) is 0 Å². The van der Waals surface area contributed by atoms with Gasteiger partial charge in [-0.3, -0.25) is 4.90 Å². The van der Waals surface area contributed by atoms with Crippen LogP contribution in [0.5, 0.6) is 0 Å². The Bertz CT molecular complexity index is 468. The number of carbonyl (C=O) groups excluding carboxylic acids is 1. The van der Waals surface area contributed by atoms with E-state index in [1.165, 1.54) is 43.9 Å². The second-order valence-corrected chi connectivity index (χ2v) is 7.35. The Morgan fingerprint density at radius 3 is 2.64 bits per heavy atom. The maximum atomic E-state index is 11.9. The van der Waals surface area contributed by atoms with Crippen molar-refractivity contribution in [3.05, 3.63) is 30.3 Å². The fourth-order valence-corrected chi connectivity index (χ4v) is 4.52. The molecule has 0 bridgehead atoms. The van der Waals surface area contributed by atoms with Crippen LogP contribution in [0.25, 0.3) is 0 Å². The number of nitrogens with one attached hydrogen (secondary N) is 2. The van der Waals surface area contributed by atoms with E-state index in [9.17, 15) is 4.79 Å². The number of benzene rings is 1. The Morgan fingerprint density at radius 1 is 1.18 bits per heavy atom. The molecule has 2 aliphatic rings. The molecule has 1 unspecified atom stereocenters. The average Bonchev–Trinajstić information content (AvgIpc) is 3.09. The van der Waals surface area contributed by atoms with Crippen LogP contribution < -0.4 is 10.6 Å². The van der Waals surface area contributed by atoms with Gasteiger partial charge in [0.25, 0.3) is 0 Å². The first kappa shape index (κ1) is 15.7. The van der Waals surface area contributed by atoms with Crippen LogP contribution in [0.3, 0.4) is 0 Å². The number of likely N-dealkylation sites (tertiary alicyclic amines) is 1. The third kappa shape index (κ3) is 4.40. The van der Waals surface area contributed by atoms with E-state index in [1.807, 2.05) is 30.3 Å². The summed E-state index contributed by atoms with van der Waals surface area (Å²) in [5.74, 6) is 3.25. The van der Waals surface area contributed by atoms with Gasteiger partial charge in [-0.2, -0.15) is 11.8 Å². The van der Waals surface area contributed by atoms with Gasteiger partial charge in [0.15, 0.2) is 0 Å². The summed E-state index contributed by atoms with van der Waals surface area (Å²) in [5, 5.41) is 5.88. The molecule has 0 aromatic heterocycles. The van der Waals surface area contributed by atoms with Gasteiger partial charge in [0, 0.05) is 24.0 Å². The lowest BCUT2D eigenvalue weighted by molar-refractivity contribution is 0.143. The molecule has 2 saturated heterocycles. The molecular weight excluding hydrogens is 294 g/mol. The summed E-state index contributed by atoms with van der Waals surface area (Å²) in [6, 6.07) is 10.3.